The van der Waals surface area contributed by atoms with E-state index in [4.69, 9.17) is 4.74 Å². The van der Waals surface area contributed by atoms with Gasteiger partial charge in [-0.15, -0.1) is 0 Å². The molecule has 1 saturated heterocycles. The minimum Gasteiger partial charge on any atom is -0.371 e. The number of nitrogens with one attached hydrogen (secondary N) is 1. The van der Waals surface area contributed by atoms with Gasteiger partial charge in [0.1, 0.15) is 0 Å². The van der Waals surface area contributed by atoms with E-state index in [2.05, 4.69) is 33.0 Å². The highest BCUT2D eigenvalue weighted by molar-refractivity contribution is 4.80. The summed E-state index contributed by atoms with van der Waals surface area (Å²) in [5.41, 5.74) is 0.0103. The maximum absolute atomic E-state index is 5.81. The summed E-state index contributed by atoms with van der Waals surface area (Å²) in [4.78, 5) is 0. The molecule has 1 heterocycles. The maximum Gasteiger partial charge on any atom is 0.0721 e. The average molecular weight is 157 g/mol. The molecule has 2 heteroatoms. The topological polar surface area (TPSA) is 21.3 Å². The zero-order valence-electron chi connectivity index (χ0n) is 7.98. The Hall–Kier alpha value is -0.0800. The summed E-state index contributed by atoms with van der Waals surface area (Å²) < 4.78 is 5.81. The van der Waals surface area contributed by atoms with Crippen molar-refractivity contribution in [3.05, 3.63) is 0 Å². The van der Waals surface area contributed by atoms with Crippen LogP contribution in [-0.2, 0) is 4.74 Å². The molecule has 0 aromatic heterocycles. The Bertz CT molecular complexity index is 128. The third-order valence-corrected chi connectivity index (χ3v) is 1.83. The van der Waals surface area contributed by atoms with Crippen LogP contribution in [0.3, 0.4) is 0 Å². The molecular weight excluding hydrogens is 138 g/mol. The first-order valence-electron chi connectivity index (χ1n) is 4.38. The van der Waals surface area contributed by atoms with E-state index >= 15 is 0 Å². The monoisotopic (exact) mass is 157 g/mol. The first-order chi connectivity index (χ1) is 4.97. The Balaban J connectivity index is 2.29. The van der Waals surface area contributed by atoms with E-state index in [-0.39, 0.29) is 5.60 Å². The zero-order valence-corrected chi connectivity index (χ0v) is 7.98. The highest BCUT2D eigenvalue weighted by atomic mass is 16.5. The van der Waals surface area contributed by atoms with Gasteiger partial charge in [-0.2, -0.15) is 0 Å². The molecule has 11 heavy (non-hydrogen) atoms. The second-order valence-electron chi connectivity index (χ2n) is 4.40. The molecule has 1 N–H and O–H groups in total. The number of ether oxygens (including phenoxy) is 1. The van der Waals surface area contributed by atoms with E-state index in [0.717, 1.165) is 13.0 Å². The quantitative estimate of drug-likeness (QED) is 0.623. The first kappa shape index (κ1) is 9.01. The van der Waals surface area contributed by atoms with Gasteiger partial charge in [0, 0.05) is 12.6 Å². The van der Waals surface area contributed by atoms with E-state index in [1.54, 1.807) is 0 Å². The molecule has 1 aliphatic heterocycles. The van der Waals surface area contributed by atoms with Crippen molar-refractivity contribution in [2.24, 2.45) is 0 Å². The fraction of sp³-hybridized carbons (Fsp3) is 1.00. The molecule has 0 amide bonds. The van der Waals surface area contributed by atoms with Gasteiger partial charge in [0.25, 0.3) is 0 Å². The first-order valence-corrected chi connectivity index (χ1v) is 4.38. The van der Waals surface area contributed by atoms with Gasteiger partial charge < -0.3 is 10.1 Å². The highest BCUT2D eigenvalue weighted by Gasteiger charge is 2.25. The van der Waals surface area contributed by atoms with Crippen molar-refractivity contribution in [3.63, 3.8) is 0 Å². The number of rotatable bonds is 1. The van der Waals surface area contributed by atoms with Crippen molar-refractivity contribution in [1.29, 1.82) is 0 Å². The van der Waals surface area contributed by atoms with Crippen molar-refractivity contribution in [1.82, 2.24) is 5.32 Å². The lowest BCUT2D eigenvalue weighted by Crippen LogP contribution is -2.28. The second kappa shape index (κ2) is 3.11. The minimum absolute atomic E-state index is 0.0103. The third kappa shape index (κ3) is 3.21. The minimum atomic E-state index is 0.0103. The molecule has 0 aromatic rings. The predicted molar refractivity (Wildman–Crippen MR) is 46.7 cm³/mol. The predicted octanol–water partition coefficient (Wildman–Crippen LogP) is 1.55. The standard InChI is InChI=1S/C9H19NO/c1-7-5-8(6-10-7)11-9(2,3)4/h7-8,10H,5-6H2,1-4H3. The molecule has 2 nitrogen and oxygen atoms in total. The molecule has 0 spiro atoms. The number of hydrogen-bond acceptors (Lipinski definition) is 2. The lowest BCUT2D eigenvalue weighted by atomic mass is 10.1. The van der Waals surface area contributed by atoms with Crippen LogP contribution >= 0.6 is 0 Å². The Labute approximate surface area is 69.3 Å². The van der Waals surface area contributed by atoms with Gasteiger partial charge in [-0.1, -0.05) is 0 Å². The molecule has 0 saturated carbocycles. The normalized spacial score (nSPS) is 32.7. The van der Waals surface area contributed by atoms with Crippen LogP contribution in [0, 0.1) is 0 Å². The molecule has 0 aromatic carbocycles. The van der Waals surface area contributed by atoms with Crippen LogP contribution in [0.1, 0.15) is 34.1 Å². The lowest BCUT2D eigenvalue weighted by molar-refractivity contribution is -0.0507. The van der Waals surface area contributed by atoms with Gasteiger partial charge in [-0.3, -0.25) is 0 Å². The van der Waals surface area contributed by atoms with E-state index in [1.165, 1.54) is 0 Å². The summed E-state index contributed by atoms with van der Waals surface area (Å²) in [5, 5.41) is 3.37. The third-order valence-electron chi connectivity index (χ3n) is 1.83. The van der Waals surface area contributed by atoms with Crippen LogP contribution in [0.5, 0.6) is 0 Å². The SMILES string of the molecule is CC1CC(OC(C)(C)C)CN1. The Morgan fingerprint density at radius 3 is 2.36 bits per heavy atom. The van der Waals surface area contributed by atoms with E-state index < -0.39 is 0 Å². The molecule has 66 valence electrons. The summed E-state index contributed by atoms with van der Waals surface area (Å²) in [6.07, 6.45) is 1.57. The number of hydrogen-bond donors (Lipinski definition) is 1. The molecule has 1 fully saturated rings. The average Bonchev–Trinajstić information content (AvgIpc) is 2.10. The fourth-order valence-corrected chi connectivity index (χ4v) is 1.48. The summed E-state index contributed by atoms with van der Waals surface area (Å²) >= 11 is 0. The van der Waals surface area contributed by atoms with Gasteiger partial charge in [0.2, 0.25) is 0 Å². The Morgan fingerprint density at radius 1 is 1.36 bits per heavy atom. The van der Waals surface area contributed by atoms with Crippen LogP contribution in [0.4, 0.5) is 0 Å². The molecule has 0 aliphatic carbocycles. The van der Waals surface area contributed by atoms with Crippen LogP contribution < -0.4 is 5.32 Å². The van der Waals surface area contributed by atoms with Crippen molar-refractivity contribution >= 4 is 0 Å². The molecule has 2 unspecified atom stereocenters. The summed E-state index contributed by atoms with van der Waals surface area (Å²) in [5.74, 6) is 0. The largest absolute Gasteiger partial charge is 0.371 e. The summed E-state index contributed by atoms with van der Waals surface area (Å²) in [7, 11) is 0. The van der Waals surface area contributed by atoms with Crippen LogP contribution in [0.25, 0.3) is 0 Å². The van der Waals surface area contributed by atoms with Gasteiger partial charge in [-0.05, 0) is 34.1 Å². The molecule has 0 bridgehead atoms. The van der Waals surface area contributed by atoms with Gasteiger partial charge >= 0.3 is 0 Å². The molecule has 1 rings (SSSR count). The Morgan fingerprint density at radius 2 is 2.00 bits per heavy atom. The van der Waals surface area contributed by atoms with Crippen molar-refractivity contribution in [3.8, 4) is 0 Å². The van der Waals surface area contributed by atoms with Crippen LogP contribution in [0.15, 0.2) is 0 Å². The van der Waals surface area contributed by atoms with Crippen molar-refractivity contribution in [2.45, 2.75) is 51.9 Å². The van der Waals surface area contributed by atoms with Crippen LogP contribution in [0.2, 0.25) is 0 Å². The summed E-state index contributed by atoms with van der Waals surface area (Å²) in [6.45, 7) is 9.53. The van der Waals surface area contributed by atoms with E-state index in [0.29, 0.717) is 12.1 Å². The summed E-state index contributed by atoms with van der Waals surface area (Å²) in [6, 6.07) is 0.627. The van der Waals surface area contributed by atoms with E-state index in [1.807, 2.05) is 0 Å². The highest BCUT2D eigenvalue weighted by Crippen LogP contribution is 2.17. The van der Waals surface area contributed by atoms with Gasteiger partial charge in [0.05, 0.1) is 11.7 Å². The molecule has 2 atom stereocenters. The zero-order chi connectivity index (χ0) is 8.48. The van der Waals surface area contributed by atoms with E-state index in [9.17, 15) is 0 Å². The van der Waals surface area contributed by atoms with Gasteiger partial charge in [0.15, 0.2) is 0 Å². The van der Waals surface area contributed by atoms with Crippen molar-refractivity contribution < 1.29 is 4.74 Å². The molecule has 0 radical (unpaired) electrons. The fourth-order valence-electron chi connectivity index (χ4n) is 1.48. The lowest BCUT2D eigenvalue weighted by Gasteiger charge is -2.24. The van der Waals surface area contributed by atoms with Crippen LogP contribution in [-0.4, -0.2) is 24.3 Å². The molecular formula is C9H19NO. The Kier molecular flexibility index (Phi) is 2.55. The molecule has 1 aliphatic rings. The smallest absolute Gasteiger partial charge is 0.0721 e. The second-order valence-corrected chi connectivity index (χ2v) is 4.40. The van der Waals surface area contributed by atoms with Crippen molar-refractivity contribution in [2.75, 3.05) is 6.54 Å². The maximum atomic E-state index is 5.81. The van der Waals surface area contributed by atoms with Gasteiger partial charge in [-0.25, -0.2) is 0 Å².